The number of nitrogens with zero attached hydrogens (tertiary/aromatic N) is 1. The van der Waals surface area contributed by atoms with Crippen LogP contribution in [0, 0.1) is 5.41 Å². The van der Waals surface area contributed by atoms with Gasteiger partial charge in [0.05, 0.1) is 0 Å². The molecule has 0 N–H and O–H groups in total. The molecule has 0 bridgehead atoms. The Hall–Kier alpha value is -0.850. The van der Waals surface area contributed by atoms with Gasteiger partial charge in [-0.05, 0) is 12.5 Å². The molecule has 0 amide bonds. The topological polar surface area (TPSA) is 12.4 Å². The predicted molar refractivity (Wildman–Crippen MR) is 45.2 cm³/mol. The molecule has 0 aliphatic carbocycles. The fraction of sp³-hybridized carbons (Fsp3) is 0.444. The summed E-state index contributed by atoms with van der Waals surface area (Å²) in [5.74, 6) is 0. The van der Waals surface area contributed by atoms with Crippen LogP contribution in [-0.2, 0) is 0 Å². The molecule has 0 fully saturated rings. The van der Waals surface area contributed by atoms with Crippen molar-refractivity contribution >= 4 is 6.21 Å². The lowest BCUT2D eigenvalue weighted by atomic mass is 9.95. The molecule has 1 heterocycles. The maximum Gasteiger partial charge on any atom is 0.0293 e. The second-order valence-electron chi connectivity index (χ2n) is 3.31. The Morgan fingerprint density at radius 2 is 2.10 bits per heavy atom. The van der Waals surface area contributed by atoms with Gasteiger partial charge in [0.1, 0.15) is 0 Å². The molecule has 0 radical (unpaired) electrons. The molecular weight excluding hydrogens is 122 g/mol. The van der Waals surface area contributed by atoms with Gasteiger partial charge in [0.25, 0.3) is 0 Å². The molecule has 0 unspecified atom stereocenters. The lowest BCUT2D eigenvalue weighted by molar-refractivity contribution is 0.695. The maximum atomic E-state index is 4.16. The summed E-state index contributed by atoms with van der Waals surface area (Å²) in [5, 5.41) is 0. The highest BCUT2D eigenvalue weighted by molar-refractivity contribution is 5.69. The zero-order valence-corrected chi connectivity index (χ0v) is 6.76. The molecule has 0 aromatic heterocycles. The van der Waals surface area contributed by atoms with E-state index in [1.54, 1.807) is 0 Å². The van der Waals surface area contributed by atoms with Gasteiger partial charge in [-0.2, -0.15) is 0 Å². The Balaban J connectivity index is 2.88. The van der Waals surface area contributed by atoms with Crippen LogP contribution in [0.25, 0.3) is 0 Å². The average molecular weight is 135 g/mol. The van der Waals surface area contributed by atoms with Crippen LogP contribution in [0.1, 0.15) is 20.8 Å². The van der Waals surface area contributed by atoms with Crippen molar-refractivity contribution in [2.75, 3.05) is 0 Å². The quantitative estimate of drug-likeness (QED) is 0.484. The summed E-state index contributed by atoms with van der Waals surface area (Å²) in [5.41, 5.74) is 1.33. The molecule has 0 saturated carbocycles. The number of rotatable bonds is 0. The van der Waals surface area contributed by atoms with E-state index in [1.165, 1.54) is 5.57 Å². The van der Waals surface area contributed by atoms with Crippen molar-refractivity contribution in [3.8, 4) is 0 Å². The normalized spacial score (nSPS) is 22.1. The van der Waals surface area contributed by atoms with E-state index in [1.807, 2.05) is 12.4 Å². The van der Waals surface area contributed by atoms with E-state index in [2.05, 4.69) is 37.9 Å². The zero-order chi connectivity index (χ0) is 7.61. The van der Waals surface area contributed by atoms with Gasteiger partial charge in [0.15, 0.2) is 0 Å². The molecule has 0 aromatic rings. The smallest absolute Gasteiger partial charge is 0.0293 e. The second-order valence-corrected chi connectivity index (χ2v) is 3.31. The van der Waals surface area contributed by atoms with Crippen molar-refractivity contribution in [1.29, 1.82) is 0 Å². The highest BCUT2D eigenvalue weighted by Gasteiger charge is 2.10. The average Bonchev–Trinajstić information content (AvgIpc) is 1.94. The number of hydrogen-bond donors (Lipinski definition) is 0. The third-order valence-electron chi connectivity index (χ3n) is 1.46. The zero-order valence-electron chi connectivity index (χ0n) is 6.76. The Morgan fingerprint density at radius 1 is 1.40 bits per heavy atom. The van der Waals surface area contributed by atoms with Gasteiger partial charge < -0.3 is 0 Å². The van der Waals surface area contributed by atoms with E-state index in [9.17, 15) is 0 Å². The van der Waals surface area contributed by atoms with Crippen molar-refractivity contribution in [2.24, 2.45) is 10.4 Å². The van der Waals surface area contributed by atoms with E-state index >= 15 is 0 Å². The second kappa shape index (κ2) is 2.41. The monoisotopic (exact) mass is 135 g/mol. The largest absolute Gasteiger partial charge is 0.268 e. The molecule has 1 heteroatoms. The third kappa shape index (κ3) is 1.83. The first-order valence-electron chi connectivity index (χ1n) is 3.50. The summed E-state index contributed by atoms with van der Waals surface area (Å²) in [4.78, 5) is 4.16. The molecule has 54 valence electrons. The Bertz CT molecular complexity index is 207. The van der Waals surface area contributed by atoms with Crippen molar-refractivity contribution in [1.82, 2.24) is 0 Å². The van der Waals surface area contributed by atoms with Gasteiger partial charge in [-0.1, -0.05) is 26.0 Å². The predicted octanol–water partition coefficient (Wildman–Crippen LogP) is 2.56. The molecule has 1 aliphatic heterocycles. The first-order chi connectivity index (χ1) is 4.60. The summed E-state index contributed by atoms with van der Waals surface area (Å²) in [6.45, 7) is 6.33. The molecule has 1 rings (SSSR count). The van der Waals surface area contributed by atoms with Crippen molar-refractivity contribution in [3.63, 3.8) is 0 Å². The Labute approximate surface area is 62.2 Å². The van der Waals surface area contributed by atoms with Crippen LogP contribution in [0.3, 0.4) is 0 Å². The number of allylic oxidation sites excluding steroid dienone is 3. The highest BCUT2D eigenvalue weighted by Crippen LogP contribution is 2.17. The van der Waals surface area contributed by atoms with Crippen LogP contribution < -0.4 is 0 Å². The fourth-order valence-corrected chi connectivity index (χ4v) is 0.779. The van der Waals surface area contributed by atoms with E-state index in [0.717, 1.165) is 0 Å². The van der Waals surface area contributed by atoms with Gasteiger partial charge in [0.2, 0.25) is 0 Å². The minimum Gasteiger partial charge on any atom is -0.268 e. The maximum absolute atomic E-state index is 4.16. The van der Waals surface area contributed by atoms with Crippen LogP contribution in [0.5, 0.6) is 0 Å². The molecule has 1 nitrogen and oxygen atoms in total. The van der Waals surface area contributed by atoms with Crippen LogP contribution >= 0.6 is 0 Å². The number of aliphatic imine (C=N–C) groups is 1. The van der Waals surface area contributed by atoms with Crippen LogP contribution in [0.2, 0.25) is 0 Å². The summed E-state index contributed by atoms with van der Waals surface area (Å²) < 4.78 is 0. The third-order valence-corrected chi connectivity index (χ3v) is 1.46. The van der Waals surface area contributed by atoms with E-state index in [0.29, 0.717) is 0 Å². The van der Waals surface area contributed by atoms with Crippen molar-refractivity contribution < 1.29 is 0 Å². The Kier molecular flexibility index (Phi) is 1.75. The highest BCUT2D eigenvalue weighted by atomic mass is 14.7. The lowest BCUT2D eigenvalue weighted by Crippen LogP contribution is -2.07. The fourth-order valence-electron chi connectivity index (χ4n) is 0.779. The molecule has 0 spiro atoms. The standard InChI is InChI=1S/C9H13N/c1-8-4-5-9(2,3)7-10-6-8/h4-7H,1-3H3. The van der Waals surface area contributed by atoms with E-state index in [-0.39, 0.29) is 5.41 Å². The van der Waals surface area contributed by atoms with Crippen LogP contribution in [0.4, 0.5) is 0 Å². The SMILES string of the molecule is CC1=CN=CC(C)(C)C=C1. The molecule has 10 heavy (non-hydrogen) atoms. The first-order valence-corrected chi connectivity index (χ1v) is 3.50. The minimum absolute atomic E-state index is 0.119. The summed E-state index contributed by atoms with van der Waals surface area (Å²) >= 11 is 0. The van der Waals surface area contributed by atoms with Crippen molar-refractivity contribution in [3.05, 3.63) is 23.9 Å². The van der Waals surface area contributed by atoms with Gasteiger partial charge in [-0.15, -0.1) is 0 Å². The van der Waals surface area contributed by atoms with Gasteiger partial charge in [-0.25, -0.2) is 0 Å². The first kappa shape index (κ1) is 7.26. The number of hydrogen-bond acceptors (Lipinski definition) is 1. The van der Waals surface area contributed by atoms with E-state index in [4.69, 9.17) is 0 Å². The van der Waals surface area contributed by atoms with Gasteiger partial charge >= 0.3 is 0 Å². The van der Waals surface area contributed by atoms with Gasteiger partial charge in [-0.3, -0.25) is 4.99 Å². The van der Waals surface area contributed by atoms with Crippen LogP contribution in [-0.4, -0.2) is 6.21 Å². The molecule has 0 atom stereocenters. The molecule has 0 saturated heterocycles. The van der Waals surface area contributed by atoms with Crippen LogP contribution in [0.15, 0.2) is 28.9 Å². The lowest BCUT2D eigenvalue weighted by Gasteiger charge is -2.10. The summed E-state index contributed by atoms with van der Waals surface area (Å²) in [6.07, 6.45) is 8.10. The van der Waals surface area contributed by atoms with Crippen molar-refractivity contribution in [2.45, 2.75) is 20.8 Å². The Morgan fingerprint density at radius 3 is 2.80 bits per heavy atom. The molecular formula is C9H13N. The molecule has 1 aliphatic rings. The van der Waals surface area contributed by atoms with E-state index < -0.39 is 0 Å². The minimum atomic E-state index is 0.119. The summed E-state index contributed by atoms with van der Waals surface area (Å²) in [6, 6.07) is 0. The van der Waals surface area contributed by atoms with Gasteiger partial charge in [0, 0.05) is 17.8 Å². The summed E-state index contributed by atoms with van der Waals surface area (Å²) in [7, 11) is 0. The molecule has 0 aromatic carbocycles.